The Morgan fingerprint density at radius 2 is 1.86 bits per heavy atom. The third-order valence-electron chi connectivity index (χ3n) is 2.92. The van der Waals surface area contributed by atoms with Crippen molar-refractivity contribution < 1.29 is 14.6 Å². The van der Waals surface area contributed by atoms with Gasteiger partial charge in [-0.2, -0.15) is 0 Å². The maximum Gasteiger partial charge on any atom is 0.236 e. The van der Waals surface area contributed by atoms with Crippen LogP contribution in [0, 0.1) is 5.92 Å². The molecule has 21 heavy (non-hydrogen) atoms. The summed E-state index contributed by atoms with van der Waals surface area (Å²) < 4.78 is 5.45. The Balaban J connectivity index is 2.19. The van der Waals surface area contributed by atoms with Gasteiger partial charge in [0.05, 0.1) is 6.04 Å². The van der Waals surface area contributed by atoms with Crippen LogP contribution < -0.4 is 15.4 Å². The van der Waals surface area contributed by atoms with Crippen LogP contribution in [0.2, 0.25) is 0 Å². The van der Waals surface area contributed by atoms with Gasteiger partial charge in [0.1, 0.15) is 18.5 Å². The summed E-state index contributed by atoms with van der Waals surface area (Å²) in [5.74, 6) is 1.09. The lowest BCUT2D eigenvalue weighted by molar-refractivity contribution is -0.123. The molecule has 0 aromatic heterocycles. The number of para-hydroxylation sites is 1. The van der Waals surface area contributed by atoms with Gasteiger partial charge >= 0.3 is 0 Å². The summed E-state index contributed by atoms with van der Waals surface area (Å²) in [6.07, 6.45) is -0.662. The minimum Gasteiger partial charge on any atom is -0.491 e. The third kappa shape index (κ3) is 7.68. The molecule has 0 saturated carbocycles. The van der Waals surface area contributed by atoms with Crippen LogP contribution in [0.4, 0.5) is 0 Å². The van der Waals surface area contributed by atoms with E-state index < -0.39 is 6.10 Å². The minimum absolute atomic E-state index is 0.0557. The molecular weight excluding hydrogens is 268 g/mol. The van der Waals surface area contributed by atoms with Crippen molar-refractivity contribution in [3.05, 3.63) is 30.3 Å². The second kappa shape index (κ2) is 9.37. The average molecular weight is 294 g/mol. The zero-order valence-electron chi connectivity index (χ0n) is 13.0. The molecule has 1 amide bonds. The Morgan fingerprint density at radius 1 is 1.19 bits per heavy atom. The predicted molar refractivity (Wildman–Crippen MR) is 83.3 cm³/mol. The number of amides is 1. The van der Waals surface area contributed by atoms with Crippen molar-refractivity contribution in [1.29, 1.82) is 0 Å². The molecule has 0 aliphatic carbocycles. The predicted octanol–water partition coefficient (Wildman–Crippen LogP) is 1.18. The SMILES string of the molecule is CC(C)CNC(=O)C(C)NCC(O)COc1ccccc1. The molecule has 0 heterocycles. The highest BCUT2D eigenvalue weighted by Gasteiger charge is 2.14. The highest BCUT2D eigenvalue weighted by molar-refractivity contribution is 5.81. The molecule has 1 aromatic carbocycles. The Morgan fingerprint density at radius 3 is 2.48 bits per heavy atom. The van der Waals surface area contributed by atoms with E-state index in [0.717, 1.165) is 5.75 Å². The van der Waals surface area contributed by atoms with E-state index in [-0.39, 0.29) is 18.6 Å². The van der Waals surface area contributed by atoms with Gasteiger partial charge in [-0.05, 0) is 25.0 Å². The number of carbonyl (C=O) groups excluding carboxylic acids is 1. The summed E-state index contributed by atoms with van der Waals surface area (Å²) in [7, 11) is 0. The van der Waals surface area contributed by atoms with Crippen molar-refractivity contribution in [3.8, 4) is 5.75 Å². The second-order valence-electron chi connectivity index (χ2n) is 5.55. The smallest absolute Gasteiger partial charge is 0.236 e. The van der Waals surface area contributed by atoms with Gasteiger partial charge in [-0.3, -0.25) is 4.79 Å². The first-order valence-electron chi connectivity index (χ1n) is 7.36. The number of rotatable bonds is 9. The molecule has 5 heteroatoms. The van der Waals surface area contributed by atoms with E-state index in [2.05, 4.69) is 10.6 Å². The molecule has 5 nitrogen and oxygen atoms in total. The molecule has 0 spiro atoms. The first-order valence-corrected chi connectivity index (χ1v) is 7.36. The number of benzene rings is 1. The fourth-order valence-corrected chi connectivity index (χ4v) is 1.63. The summed E-state index contributed by atoms with van der Waals surface area (Å²) in [5.41, 5.74) is 0. The first-order chi connectivity index (χ1) is 9.99. The highest BCUT2D eigenvalue weighted by Crippen LogP contribution is 2.08. The van der Waals surface area contributed by atoms with Crippen LogP contribution in [0.5, 0.6) is 5.75 Å². The largest absolute Gasteiger partial charge is 0.491 e. The number of hydrogen-bond acceptors (Lipinski definition) is 4. The van der Waals surface area contributed by atoms with Crippen LogP contribution in [0.15, 0.2) is 30.3 Å². The second-order valence-corrected chi connectivity index (χ2v) is 5.55. The van der Waals surface area contributed by atoms with Gasteiger partial charge in [0.25, 0.3) is 0 Å². The topological polar surface area (TPSA) is 70.6 Å². The lowest BCUT2D eigenvalue weighted by Crippen LogP contribution is -2.46. The van der Waals surface area contributed by atoms with Crippen LogP contribution in [0.1, 0.15) is 20.8 Å². The molecule has 2 atom stereocenters. The molecule has 0 fully saturated rings. The van der Waals surface area contributed by atoms with E-state index in [1.165, 1.54) is 0 Å². The van der Waals surface area contributed by atoms with Gasteiger partial charge in [-0.25, -0.2) is 0 Å². The molecule has 118 valence electrons. The normalized spacial score (nSPS) is 13.8. The summed E-state index contributed by atoms with van der Waals surface area (Å²) in [6, 6.07) is 8.99. The van der Waals surface area contributed by atoms with Crippen molar-refractivity contribution in [3.63, 3.8) is 0 Å². The zero-order chi connectivity index (χ0) is 15.7. The molecule has 0 aliphatic rings. The number of hydrogen-bond donors (Lipinski definition) is 3. The van der Waals surface area contributed by atoms with Gasteiger partial charge in [0.2, 0.25) is 5.91 Å². The fourth-order valence-electron chi connectivity index (χ4n) is 1.63. The van der Waals surface area contributed by atoms with Gasteiger partial charge in [-0.1, -0.05) is 32.0 Å². The third-order valence-corrected chi connectivity index (χ3v) is 2.92. The number of aliphatic hydroxyl groups excluding tert-OH is 1. The van der Waals surface area contributed by atoms with Crippen molar-refractivity contribution in [2.24, 2.45) is 5.92 Å². The monoisotopic (exact) mass is 294 g/mol. The van der Waals surface area contributed by atoms with Gasteiger partial charge in [0, 0.05) is 13.1 Å². The molecule has 2 unspecified atom stereocenters. The van der Waals surface area contributed by atoms with Crippen LogP contribution in [0.25, 0.3) is 0 Å². The number of nitrogens with one attached hydrogen (secondary N) is 2. The zero-order valence-corrected chi connectivity index (χ0v) is 13.0. The maximum atomic E-state index is 11.8. The van der Waals surface area contributed by atoms with Crippen LogP contribution in [-0.2, 0) is 4.79 Å². The molecule has 0 radical (unpaired) electrons. The summed E-state index contributed by atoms with van der Waals surface area (Å²) in [5, 5.41) is 15.7. The highest BCUT2D eigenvalue weighted by atomic mass is 16.5. The summed E-state index contributed by atoms with van der Waals surface area (Å²) in [4.78, 5) is 11.8. The Bertz CT molecular complexity index is 409. The Hall–Kier alpha value is -1.59. The number of ether oxygens (including phenoxy) is 1. The first kappa shape index (κ1) is 17.5. The number of carbonyl (C=O) groups is 1. The standard InChI is InChI=1S/C16H26N2O3/c1-12(2)9-18-16(20)13(3)17-10-14(19)11-21-15-7-5-4-6-8-15/h4-8,12-14,17,19H,9-11H2,1-3H3,(H,18,20). The van der Waals surface area contributed by atoms with Crippen LogP contribution in [-0.4, -0.2) is 42.9 Å². The van der Waals surface area contributed by atoms with E-state index in [0.29, 0.717) is 19.0 Å². The average Bonchev–Trinajstić information content (AvgIpc) is 2.49. The molecule has 1 rings (SSSR count). The van der Waals surface area contributed by atoms with Gasteiger partial charge < -0.3 is 20.5 Å². The molecular formula is C16H26N2O3. The van der Waals surface area contributed by atoms with Crippen LogP contribution in [0.3, 0.4) is 0 Å². The fraction of sp³-hybridized carbons (Fsp3) is 0.562. The lowest BCUT2D eigenvalue weighted by Gasteiger charge is -2.18. The Kier molecular flexibility index (Phi) is 7.79. The Labute approximate surface area is 126 Å². The van der Waals surface area contributed by atoms with E-state index in [9.17, 15) is 9.90 Å². The van der Waals surface area contributed by atoms with E-state index >= 15 is 0 Å². The van der Waals surface area contributed by atoms with E-state index in [1.807, 2.05) is 44.2 Å². The molecule has 0 saturated heterocycles. The minimum atomic E-state index is -0.662. The molecule has 0 bridgehead atoms. The summed E-state index contributed by atoms with van der Waals surface area (Å²) >= 11 is 0. The van der Waals surface area contributed by atoms with Crippen molar-refractivity contribution >= 4 is 5.91 Å². The quantitative estimate of drug-likeness (QED) is 0.639. The number of aliphatic hydroxyl groups is 1. The van der Waals surface area contributed by atoms with Crippen molar-refractivity contribution in [2.45, 2.75) is 32.9 Å². The summed E-state index contributed by atoms with van der Waals surface area (Å²) in [6.45, 7) is 7.03. The molecule has 3 N–H and O–H groups in total. The van der Waals surface area contributed by atoms with E-state index in [1.54, 1.807) is 6.92 Å². The van der Waals surface area contributed by atoms with Gasteiger partial charge in [0.15, 0.2) is 0 Å². The molecule has 0 aliphatic heterocycles. The molecule has 1 aromatic rings. The lowest BCUT2D eigenvalue weighted by atomic mass is 10.2. The van der Waals surface area contributed by atoms with Crippen LogP contribution >= 0.6 is 0 Å². The van der Waals surface area contributed by atoms with Crippen molar-refractivity contribution in [1.82, 2.24) is 10.6 Å². The van der Waals surface area contributed by atoms with E-state index in [4.69, 9.17) is 4.74 Å². The van der Waals surface area contributed by atoms with Gasteiger partial charge in [-0.15, -0.1) is 0 Å². The maximum absolute atomic E-state index is 11.8. The van der Waals surface area contributed by atoms with Crippen molar-refractivity contribution in [2.75, 3.05) is 19.7 Å².